The number of rotatable bonds is 10. The van der Waals surface area contributed by atoms with E-state index in [9.17, 15) is 9.65 Å². The van der Waals surface area contributed by atoms with Gasteiger partial charge >= 0.3 is 0 Å². The third kappa shape index (κ3) is 6.90. The normalized spacial score (nSPS) is 22.4. The minimum absolute atomic E-state index is 0.300. The second-order valence-corrected chi connectivity index (χ2v) is 10.0. The number of halogens is 1. The van der Waals surface area contributed by atoms with Crippen molar-refractivity contribution in [1.29, 1.82) is 5.26 Å². The van der Waals surface area contributed by atoms with Crippen molar-refractivity contribution in [2.45, 2.75) is 63.6 Å². The van der Waals surface area contributed by atoms with Crippen LogP contribution in [0.25, 0.3) is 11.3 Å². The number of anilines is 2. The van der Waals surface area contributed by atoms with Gasteiger partial charge in [-0.25, -0.2) is 14.4 Å². The lowest BCUT2D eigenvalue weighted by atomic mass is 9.82. The van der Waals surface area contributed by atoms with Crippen molar-refractivity contribution in [3.05, 3.63) is 36.3 Å². The van der Waals surface area contributed by atoms with E-state index in [2.05, 4.69) is 38.9 Å². The van der Waals surface area contributed by atoms with Crippen molar-refractivity contribution < 1.29 is 13.9 Å². The molecule has 4 rings (SSSR count). The average molecular weight is 497 g/mol. The number of nitrogens with zero attached hydrogens (tertiary/aromatic N) is 3. The summed E-state index contributed by atoms with van der Waals surface area (Å²) in [6, 6.07) is 10.8. The molecule has 1 saturated heterocycles. The Labute approximate surface area is 213 Å². The highest BCUT2D eigenvalue weighted by atomic mass is 19.1. The maximum absolute atomic E-state index is 14.8. The molecule has 1 unspecified atom stereocenters. The topological polar surface area (TPSA) is 104 Å². The Morgan fingerprint density at radius 1 is 1.19 bits per heavy atom. The van der Waals surface area contributed by atoms with Crippen molar-refractivity contribution in [3.8, 4) is 17.3 Å². The molecule has 0 bridgehead atoms. The predicted molar refractivity (Wildman–Crippen MR) is 138 cm³/mol. The highest BCUT2D eigenvalue weighted by Crippen LogP contribution is 2.31. The van der Waals surface area contributed by atoms with Crippen LogP contribution in [0.4, 0.5) is 16.0 Å². The largest absolute Gasteiger partial charge is 0.383 e. The Balaban J connectivity index is 1.37. The summed E-state index contributed by atoms with van der Waals surface area (Å²) in [6.45, 7) is 4.51. The molecular formula is C27H37FN6O2. The summed E-state index contributed by atoms with van der Waals surface area (Å²) >= 11 is 0. The lowest BCUT2D eigenvalue weighted by molar-refractivity contribution is 0.0455. The fraction of sp³-hybridized carbons (Fsp3) is 0.593. The number of nitrogens with one attached hydrogen (secondary N) is 3. The van der Waals surface area contributed by atoms with E-state index in [1.165, 1.54) is 6.20 Å². The first-order valence-electron chi connectivity index (χ1n) is 12.9. The molecule has 8 nitrogen and oxygen atoms in total. The molecule has 3 heterocycles. The number of ether oxygens (including phenoxy) is 2. The Morgan fingerprint density at radius 2 is 1.94 bits per heavy atom. The first kappa shape index (κ1) is 26.3. The summed E-state index contributed by atoms with van der Waals surface area (Å²) < 4.78 is 25.4. The molecule has 0 aromatic carbocycles. The molecule has 2 aliphatic rings. The standard InChI is InChI=1S/C27H37FN6O2/c1-19(16-35-2)32-20-6-8-21(9-7-20)33-26-14-22(23(28)15-30-26)24-4-3-5-25(34-24)31-18-27(17-29)10-12-36-13-11-27/h3-5,14-15,19-21,32H,6-13,16,18H2,1-2H3,(H,30,33)(H,31,34). The second-order valence-electron chi connectivity index (χ2n) is 10.0. The van der Waals surface area contributed by atoms with E-state index in [4.69, 9.17) is 9.47 Å². The van der Waals surface area contributed by atoms with Gasteiger partial charge in [0.15, 0.2) is 5.82 Å². The highest BCUT2D eigenvalue weighted by molar-refractivity contribution is 5.65. The molecular weight excluding hydrogens is 459 g/mol. The predicted octanol–water partition coefficient (Wildman–Crippen LogP) is 4.36. The third-order valence-electron chi connectivity index (χ3n) is 7.19. The van der Waals surface area contributed by atoms with Crippen molar-refractivity contribution in [3.63, 3.8) is 0 Å². The highest BCUT2D eigenvalue weighted by Gasteiger charge is 2.32. The van der Waals surface area contributed by atoms with Crippen LogP contribution in [0.15, 0.2) is 30.5 Å². The summed E-state index contributed by atoms with van der Waals surface area (Å²) in [5, 5.41) is 20.1. The quantitative estimate of drug-likeness (QED) is 0.446. The first-order chi connectivity index (χ1) is 17.5. The van der Waals surface area contributed by atoms with Crippen molar-refractivity contribution in [1.82, 2.24) is 15.3 Å². The number of methoxy groups -OCH3 is 1. The lowest BCUT2D eigenvalue weighted by Crippen LogP contribution is -2.42. The van der Waals surface area contributed by atoms with Gasteiger partial charge in [-0.3, -0.25) is 0 Å². The number of aromatic nitrogens is 2. The molecule has 1 aliphatic carbocycles. The van der Waals surface area contributed by atoms with Crippen LogP contribution in [0.5, 0.6) is 0 Å². The van der Waals surface area contributed by atoms with Crippen LogP contribution in [0.3, 0.4) is 0 Å². The number of pyridine rings is 2. The van der Waals surface area contributed by atoms with Crippen LogP contribution in [0.1, 0.15) is 45.4 Å². The van der Waals surface area contributed by atoms with Crippen molar-refractivity contribution in [2.24, 2.45) is 5.41 Å². The van der Waals surface area contributed by atoms with Crippen molar-refractivity contribution >= 4 is 11.6 Å². The van der Waals surface area contributed by atoms with Gasteiger partial charge in [0.1, 0.15) is 11.6 Å². The van der Waals surface area contributed by atoms with Crippen LogP contribution in [0, 0.1) is 22.6 Å². The van der Waals surface area contributed by atoms with Crippen LogP contribution in [-0.2, 0) is 9.47 Å². The van der Waals surface area contributed by atoms with Crippen LogP contribution < -0.4 is 16.0 Å². The lowest BCUT2D eigenvalue weighted by Gasteiger charge is -2.31. The molecule has 194 valence electrons. The molecule has 1 saturated carbocycles. The molecule has 2 fully saturated rings. The Hall–Kier alpha value is -2.80. The Morgan fingerprint density at radius 3 is 2.67 bits per heavy atom. The van der Waals surface area contributed by atoms with Crippen LogP contribution >= 0.6 is 0 Å². The number of hydrogen-bond acceptors (Lipinski definition) is 8. The zero-order valence-corrected chi connectivity index (χ0v) is 21.2. The van der Waals surface area contributed by atoms with Gasteiger partial charge in [0.2, 0.25) is 0 Å². The van der Waals surface area contributed by atoms with Gasteiger partial charge in [-0.15, -0.1) is 0 Å². The molecule has 9 heteroatoms. The van der Waals surface area contributed by atoms with Gasteiger partial charge in [-0.05, 0) is 63.6 Å². The van der Waals surface area contributed by atoms with E-state index < -0.39 is 11.2 Å². The van der Waals surface area contributed by atoms with Gasteiger partial charge in [-0.1, -0.05) is 6.07 Å². The Kier molecular flexibility index (Phi) is 9.08. The minimum atomic E-state index is -0.467. The van der Waals surface area contributed by atoms with E-state index in [-0.39, 0.29) is 0 Å². The van der Waals surface area contributed by atoms with E-state index in [1.807, 2.05) is 12.1 Å². The minimum Gasteiger partial charge on any atom is -0.383 e. The Bertz CT molecular complexity index is 1030. The SMILES string of the molecule is COCC(C)NC1CCC(Nc2cc(-c3cccc(NCC4(C#N)CCOCC4)n3)c(F)cn2)CC1. The summed E-state index contributed by atoms with van der Waals surface area (Å²) in [5.74, 6) is 0.859. The summed E-state index contributed by atoms with van der Waals surface area (Å²) in [4.78, 5) is 8.91. The summed E-state index contributed by atoms with van der Waals surface area (Å²) in [5.41, 5.74) is 0.465. The number of hydrogen-bond donors (Lipinski definition) is 3. The van der Waals surface area contributed by atoms with Gasteiger partial charge in [0.05, 0.1) is 30.0 Å². The summed E-state index contributed by atoms with van der Waals surface area (Å²) in [7, 11) is 1.72. The molecule has 0 radical (unpaired) electrons. The van der Waals surface area contributed by atoms with E-state index in [0.717, 1.165) is 25.7 Å². The molecule has 3 N–H and O–H groups in total. The maximum atomic E-state index is 14.8. The molecule has 2 aromatic rings. The van der Waals surface area contributed by atoms with E-state index in [1.54, 1.807) is 19.2 Å². The molecule has 1 aliphatic heterocycles. The molecule has 1 atom stereocenters. The smallest absolute Gasteiger partial charge is 0.151 e. The fourth-order valence-corrected chi connectivity index (χ4v) is 5.06. The van der Waals surface area contributed by atoms with Gasteiger partial charge in [0, 0.05) is 50.6 Å². The fourth-order valence-electron chi connectivity index (χ4n) is 5.06. The summed E-state index contributed by atoms with van der Waals surface area (Å²) in [6.07, 6.45) is 6.83. The van der Waals surface area contributed by atoms with Gasteiger partial charge in [0.25, 0.3) is 0 Å². The van der Waals surface area contributed by atoms with E-state index in [0.29, 0.717) is 80.2 Å². The average Bonchev–Trinajstić information content (AvgIpc) is 2.90. The molecule has 0 amide bonds. The zero-order valence-electron chi connectivity index (χ0n) is 21.2. The van der Waals surface area contributed by atoms with Gasteiger partial charge in [-0.2, -0.15) is 5.26 Å². The van der Waals surface area contributed by atoms with Crippen molar-refractivity contribution in [2.75, 3.05) is 44.1 Å². The van der Waals surface area contributed by atoms with E-state index >= 15 is 0 Å². The van der Waals surface area contributed by atoms with Crippen LogP contribution in [-0.4, -0.2) is 61.6 Å². The monoisotopic (exact) mass is 496 g/mol. The molecule has 36 heavy (non-hydrogen) atoms. The van der Waals surface area contributed by atoms with Gasteiger partial charge < -0.3 is 25.4 Å². The molecule has 2 aromatic heterocycles. The second kappa shape index (κ2) is 12.4. The zero-order chi connectivity index (χ0) is 25.4. The van der Waals surface area contributed by atoms with Crippen LogP contribution in [0.2, 0.25) is 0 Å². The third-order valence-corrected chi connectivity index (χ3v) is 7.19. The first-order valence-corrected chi connectivity index (χ1v) is 12.9. The molecule has 0 spiro atoms. The maximum Gasteiger partial charge on any atom is 0.151 e. The number of nitriles is 1.